The van der Waals surface area contributed by atoms with E-state index in [9.17, 15) is 13.2 Å². The van der Waals surface area contributed by atoms with Gasteiger partial charge in [0.15, 0.2) is 5.82 Å². The van der Waals surface area contributed by atoms with E-state index in [1.165, 1.54) is 18.2 Å². The van der Waals surface area contributed by atoms with Crippen LogP contribution in [-0.2, 0) is 6.18 Å². The molecule has 0 fully saturated rings. The van der Waals surface area contributed by atoms with Crippen LogP contribution in [0, 0.1) is 0 Å². The smallest absolute Gasteiger partial charge is 0.366 e. The number of rotatable bonds is 1. The number of halogens is 3. The zero-order valence-electron chi connectivity index (χ0n) is 8.44. The summed E-state index contributed by atoms with van der Waals surface area (Å²) in [6, 6.07) is 4.94. The highest BCUT2D eigenvalue weighted by Gasteiger charge is 2.34. The van der Waals surface area contributed by atoms with Gasteiger partial charge >= 0.3 is 6.18 Å². The van der Waals surface area contributed by atoms with Crippen molar-refractivity contribution < 1.29 is 13.2 Å². The van der Waals surface area contributed by atoms with Crippen LogP contribution < -0.4 is 11.6 Å². The molecule has 0 saturated heterocycles. The van der Waals surface area contributed by atoms with Crippen LogP contribution in [0.2, 0.25) is 0 Å². The van der Waals surface area contributed by atoms with Gasteiger partial charge in [0.25, 0.3) is 0 Å². The highest BCUT2D eigenvalue weighted by Crippen LogP contribution is 2.36. The lowest BCUT2D eigenvalue weighted by Crippen LogP contribution is -2.15. The van der Waals surface area contributed by atoms with E-state index in [1.54, 1.807) is 0 Å². The molecule has 0 bridgehead atoms. The fourth-order valence-electron chi connectivity index (χ4n) is 1.41. The average molecular weight is 243 g/mol. The van der Waals surface area contributed by atoms with Crippen LogP contribution in [-0.4, -0.2) is 14.9 Å². The number of nitrogens with two attached hydrogens (primary N) is 2. The van der Waals surface area contributed by atoms with Gasteiger partial charge in [0, 0.05) is 5.56 Å². The molecule has 0 radical (unpaired) electrons. The molecule has 1 aromatic carbocycles. The molecule has 8 heteroatoms. The maximum Gasteiger partial charge on any atom is 0.417 e. The van der Waals surface area contributed by atoms with Crippen molar-refractivity contribution in [3.05, 3.63) is 29.8 Å². The first-order valence-electron chi connectivity index (χ1n) is 4.54. The Labute approximate surface area is 93.8 Å². The minimum Gasteiger partial charge on any atom is -0.366 e. The number of aromatic nitrogens is 3. The second-order valence-electron chi connectivity index (χ2n) is 3.30. The van der Waals surface area contributed by atoms with E-state index in [1.807, 2.05) is 0 Å². The van der Waals surface area contributed by atoms with E-state index in [2.05, 4.69) is 10.2 Å². The standard InChI is InChI=1S/C9H8F3N5/c10-9(11,12)6-4-2-1-3-5(6)7-15-16-8(13)17(7)14/h1-4H,14H2,(H2,13,16). The molecular weight excluding hydrogens is 235 g/mol. The van der Waals surface area contributed by atoms with Crippen molar-refractivity contribution in [1.82, 2.24) is 14.9 Å². The van der Waals surface area contributed by atoms with E-state index in [4.69, 9.17) is 11.6 Å². The van der Waals surface area contributed by atoms with Gasteiger partial charge < -0.3 is 11.6 Å². The largest absolute Gasteiger partial charge is 0.417 e. The fraction of sp³-hybridized carbons (Fsp3) is 0.111. The van der Waals surface area contributed by atoms with Crippen molar-refractivity contribution in [1.29, 1.82) is 0 Å². The Morgan fingerprint density at radius 3 is 2.29 bits per heavy atom. The van der Waals surface area contributed by atoms with Gasteiger partial charge in [0.05, 0.1) is 5.56 Å². The quantitative estimate of drug-likeness (QED) is 0.738. The van der Waals surface area contributed by atoms with Crippen LogP contribution in [0.1, 0.15) is 5.56 Å². The van der Waals surface area contributed by atoms with Gasteiger partial charge in [-0.25, -0.2) is 4.68 Å². The topological polar surface area (TPSA) is 82.8 Å². The second-order valence-corrected chi connectivity index (χ2v) is 3.30. The Morgan fingerprint density at radius 2 is 1.76 bits per heavy atom. The molecule has 2 rings (SSSR count). The van der Waals surface area contributed by atoms with Crippen LogP contribution in [0.4, 0.5) is 19.1 Å². The van der Waals surface area contributed by atoms with Crippen molar-refractivity contribution in [2.75, 3.05) is 11.6 Å². The van der Waals surface area contributed by atoms with Crippen LogP contribution in [0.25, 0.3) is 11.4 Å². The Balaban J connectivity index is 2.64. The third kappa shape index (κ3) is 1.88. The van der Waals surface area contributed by atoms with Crippen LogP contribution in [0.15, 0.2) is 24.3 Å². The molecule has 5 nitrogen and oxygen atoms in total. The molecule has 0 aliphatic heterocycles. The van der Waals surface area contributed by atoms with Crippen LogP contribution in [0.5, 0.6) is 0 Å². The zero-order chi connectivity index (χ0) is 12.6. The van der Waals surface area contributed by atoms with Gasteiger partial charge in [0.2, 0.25) is 5.95 Å². The van der Waals surface area contributed by atoms with Crippen molar-refractivity contribution in [2.45, 2.75) is 6.18 Å². The SMILES string of the molecule is Nc1nnc(-c2ccccc2C(F)(F)F)n1N. The normalized spacial score (nSPS) is 11.7. The summed E-state index contributed by atoms with van der Waals surface area (Å²) >= 11 is 0. The molecule has 1 heterocycles. The minimum atomic E-state index is -4.49. The van der Waals surface area contributed by atoms with Crippen LogP contribution in [0.3, 0.4) is 0 Å². The van der Waals surface area contributed by atoms with Gasteiger partial charge in [-0.2, -0.15) is 13.2 Å². The molecule has 0 saturated carbocycles. The molecule has 0 atom stereocenters. The van der Waals surface area contributed by atoms with Gasteiger partial charge in [-0.15, -0.1) is 10.2 Å². The predicted octanol–water partition coefficient (Wildman–Crippen LogP) is 1.26. The van der Waals surface area contributed by atoms with E-state index in [0.717, 1.165) is 10.7 Å². The van der Waals surface area contributed by atoms with Gasteiger partial charge in [-0.3, -0.25) is 0 Å². The third-order valence-corrected chi connectivity index (χ3v) is 2.20. The first kappa shape index (κ1) is 11.2. The van der Waals surface area contributed by atoms with Crippen molar-refractivity contribution in [2.24, 2.45) is 0 Å². The molecule has 0 amide bonds. The molecule has 0 unspecified atom stereocenters. The Hall–Kier alpha value is -2.25. The Bertz CT molecular complexity index is 546. The first-order valence-corrected chi connectivity index (χ1v) is 4.54. The van der Waals surface area contributed by atoms with E-state index in [-0.39, 0.29) is 17.3 Å². The summed E-state index contributed by atoms with van der Waals surface area (Å²) < 4.78 is 39.0. The second kappa shape index (κ2) is 3.65. The third-order valence-electron chi connectivity index (χ3n) is 2.20. The number of anilines is 1. The lowest BCUT2D eigenvalue weighted by molar-refractivity contribution is -0.137. The Kier molecular flexibility index (Phi) is 2.41. The zero-order valence-corrected chi connectivity index (χ0v) is 8.44. The first-order chi connectivity index (χ1) is 7.91. The van der Waals surface area contributed by atoms with E-state index in [0.29, 0.717) is 0 Å². The number of nitrogens with zero attached hydrogens (tertiary/aromatic N) is 3. The summed E-state index contributed by atoms with van der Waals surface area (Å²) in [5.74, 6) is 5.16. The fourth-order valence-corrected chi connectivity index (χ4v) is 1.41. The molecule has 4 N–H and O–H groups in total. The minimum absolute atomic E-state index is 0.129. The monoisotopic (exact) mass is 243 g/mol. The molecule has 0 spiro atoms. The maximum atomic E-state index is 12.7. The molecular formula is C9H8F3N5. The van der Waals surface area contributed by atoms with E-state index >= 15 is 0 Å². The van der Waals surface area contributed by atoms with Crippen molar-refractivity contribution in [3.8, 4) is 11.4 Å². The van der Waals surface area contributed by atoms with Crippen molar-refractivity contribution in [3.63, 3.8) is 0 Å². The lowest BCUT2D eigenvalue weighted by Gasteiger charge is -2.11. The summed E-state index contributed by atoms with van der Waals surface area (Å²) in [5.41, 5.74) is 4.33. The predicted molar refractivity (Wildman–Crippen MR) is 55.0 cm³/mol. The number of benzene rings is 1. The number of hydrogen-bond acceptors (Lipinski definition) is 4. The average Bonchev–Trinajstić information content (AvgIpc) is 2.59. The summed E-state index contributed by atoms with van der Waals surface area (Å²) in [5, 5.41) is 6.94. The number of alkyl halides is 3. The molecule has 17 heavy (non-hydrogen) atoms. The Morgan fingerprint density at radius 1 is 1.12 bits per heavy atom. The van der Waals surface area contributed by atoms with Gasteiger partial charge in [-0.1, -0.05) is 18.2 Å². The number of hydrogen-bond donors (Lipinski definition) is 2. The molecule has 0 aliphatic rings. The molecule has 1 aromatic heterocycles. The van der Waals surface area contributed by atoms with Gasteiger partial charge in [0.1, 0.15) is 0 Å². The van der Waals surface area contributed by atoms with Crippen LogP contribution >= 0.6 is 0 Å². The molecule has 0 aliphatic carbocycles. The van der Waals surface area contributed by atoms with Crippen molar-refractivity contribution >= 4 is 5.95 Å². The summed E-state index contributed by atoms with van der Waals surface area (Å²) in [7, 11) is 0. The lowest BCUT2D eigenvalue weighted by atomic mass is 10.1. The summed E-state index contributed by atoms with van der Waals surface area (Å²) in [6.45, 7) is 0. The maximum absolute atomic E-state index is 12.7. The van der Waals surface area contributed by atoms with E-state index < -0.39 is 11.7 Å². The molecule has 2 aromatic rings. The van der Waals surface area contributed by atoms with Gasteiger partial charge in [-0.05, 0) is 6.07 Å². The summed E-state index contributed by atoms with van der Waals surface area (Å²) in [6.07, 6.45) is -4.49. The molecule has 90 valence electrons. The number of nitrogen functional groups attached to an aromatic ring is 2. The highest BCUT2D eigenvalue weighted by molar-refractivity contribution is 5.62. The highest BCUT2D eigenvalue weighted by atomic mass is 19.4. The summed E-state index contributed by atoms with van der Waals surface area (Å²) in [4.78, 5) is 0.